The van der Waals surface area contributed by atoms with Gasteiger partial charge in [0.05, 0.1) is 18.4 Å². The molecule has 0 atom stereocenters. The fraction of sp³-hybridized carbons (Fsp3) is 0.467. The molecule has 0 saturated heterocycles. The Labute approximate surface area is 117 Å². The highest BCUT2D eigenvalue weighted by Gasteiger charge is 2.44. The van der Waals surface area contributed by atoms with Gasteiger partial charge < -0.3 is 15.2 Å². The predicted octanol–water partition coefficient (Wildman–Crippen LogP) is 2.07. The van der Waals surface area contributed by atoms with Gasteiger partial charge in [-0.15, -0.1) is 0 Å². The highest BCUT2D eigenvalue weighted by Crippen LogP contribution is 2.42. The molecular weight excluding hydrogens is 258 g/mol. The number of benzene rings is 1. The van der Waals surface area contributed by atoms with Crippen LogP contribution in [0.25, 0.3) is 0 Å². The standard InChI is InChI=1S/C15H19NO4/c1-20-10-15(6-3-7-15)14(19)16-12-5-2-4-11(8-12)9-13(17)18/h2,4-5,8H,3,6-7,9-10H2,1H3,(H,16,19)(H,17,18). The largest absolute Gasteiger partial charge is 0.481 e. The second-order valence-corrected chi connectivity index (χ2v) is 5.29. The van der Waals surface area contributed by atoms with Crippen molar-refractivity contribution in [2.24, 2.45) is 5.41 Å². The number of amides is 1. The maximum atomic E-state index is 12.3. The molecule has 1 saturated carbocycles. The first-order valence-electron chi connectivity index (χ1n) is 6.67. The van der Waals surface area contributed by atoms with E-state index in [1.165, 1.54) is 0 Å². The number of carboxylic acid groups (broad SMARTS) is 1. The zero-order chi connectivity index (χ0) is 14.6. The van der Waals surface area contributed by atoms with Crippen LogP contribution >= 0.6 is 0 Å². The number of carboxylic acids is 1. The predicted molar refractivity (Wildman–Crippen MR) is 74.6 cm³/mol. The summed E-state index contributed by atoms with van der Waals surface area (Å²) < 4.78 is 5.15. The third kappa shape index (κ3) is 3.17. The van der Waals surface area contributed by atoms with Crippen molar-refractivity contribution in [3.05, 3.63) is 29.8 Å². The lowest BCUT2D eigenvalue weighted by molar-refractivity contribution is -0.136. The number of hydrogen-bond donors (Lipinski definition) is 2. The van der Waals surface area contributed by atoms with Crippen LogP contribution in [0.2, 0.25) is 0 Å². The smallest absolute Gasteiger partial charge is 0.307 e. The van der Waals surface area contributed by atoms with Gasteiger partial charge in [0.1, 0.15) is 0 Å². The van der Waals surface area contributed by atoms with Crippen LogP contribution in [0.1, 0.15) is 24.8 Å². The summed E-state index contributed by atoms with van der Waals surface area (Å²) in [5.74, 6) is -0.929. The van der Waals surface area contributed by atoms with E-state index in [-0.39, 0.29) is 12.3 Å². The van der Waals surface area contributed by atoms with E-state index in [1.807, 2.05) is 0 Å². The van der Waals surface area contributed by atoms with Gasteiger partial charge in [-0.2, -0.15) is 0 Å². The molecule has 0 bridgehead atoms. The molecule has 1 fully saturated rings. The minimum absolute atomic E-state index is 0.0434. The van der Waals surface area contributed by atoms with Crippen LogP contribution in [0.4, 0.5) is 5.69 Å². The van der Waals surface area contributed by atoms with Gasteiger partial charge in [-0.1, -0.05) is 18.6 Å². The van der Waals surface area contributed by atoms with Crippen LogP contribution in [0.15, 0.2) is 24.3 Å². The third-order valence-corrected chi connectivity index (χ3v) is 3.75. The first-order chi connectivity index (χ1) is 9.55. The summed E-state index contributed by atoms with van der Waals surface area (Å²) in [7, 11) is 1.60. The van der Waals surface area contributed by atoms with Crippen molar-refractivity contribution in [2.75, 3.05) is 19.0 Å². The average molecular weight is 277 g/mol. The van der Waals surface area contributed by atoms with Crippen molar-refractivity contribution in [3.8, 4) is 0 Å². The van der Waals surface area contributed by atoms with Crippen LogP contribution in [0, 0.1) is 5.41 Å². The lowest BCUT2D eigenvalue weighted by Gasteiger charge is -2.39. The van der Waals surface area contributed by atoms with Crippen LogP contribution in [0.3, 0.4) is 0 Å². The summed E-state index contributed by atoms with van der Waals surface area (Å²) in [6, 6.07) is 6.95. The number of methoxy groups -OCH3 is 1. The van der Waals surface area contributed by atoms with Gasteiger partial charge in [-0.25, -0.2) is 0 Å². The quantitative estimate of drug-likeness (QED) is 0.834. The Morgan fingerprint density at radius 1 is 1.40 bits per heavy atom. The summed E-state index contributed by atoms with van der Waals surface area (Å²) in [5.41, 5.74) is 0.887. The zero-order valence-electron chi connectivity index (χ0n) is 11.5. The lowest BCUT2D eigenvalue weighted by atomic mass is 9.68. The Balaban J connectivity index is 2.05. The molecule has 1 aliphatic rings. The molecule has 20 heavy (non-hydrogen) atoms. The van der Waals surface area contributed by atoms with E-state index >= 15 is 0 Å². The SMILES string of the molecule is COCC1(C(=O)Nc2cccc(CC(=O)O)c2)CCC1. The zero-order valence-corrected chi connectivity index (χ0v) is 11.5. The second-order valence-electron chi connectivity index (χ2n) is 5.29. The van der Waals surface area contributed by atoms with Crippen LogP contribution < -0.4 is 5.32 Å². The maximum Gasteiger partial charge on any atom is 0.307 e. The van der Waals surface area contributed by atoms with Gasteiger partial charge in [0.2, 0.25) is 5.91 Å². The average Bonchev–Trinajstić information content (AvgIpc) is 2.33. The first-order valence-corrected chi connectivity index (χ1v) is 6.67. The maximum absolute atomic E-state index is 12.3. The minimum Gasteiger partial charge on any atom is -0.481 e. The van der Waals surface area contributed by atoms with Crippen LogP contribution in [0.5, 0.6) is 0 Å². The molecule has 0 aliphatic heterocycles. The monoisotopic (exact) mass is 277 g/mol. The van der Waals surface area contributed by atoms with Crippen molar-refractivity contribution < 1.29 is 19.4 Å². The number of anilines is 1. The Hall–Kier alpha value is -1.88. The first kappa shape index (κ1) is 14.5. The summed E-state index contributed by atoms with van der Waals surface area (Å²) in [6.45, 7) is 0.424. The van der Waals surface area contributed by atoms with Crippen molar-refractivity contribution >= 4 is 17.6 Å². The van der Waals surface area contributed by atoms with Gasteiger partial charge in [-0.3, -0.25) is 9.59 Å². The third-order valence-electron chi connectivity index (χ3n) is 3.75. The van der Waals surface area contributed by atoms with E-state index in [4.69, 9.17) is 9.84 Å². The molecule has 5 nitrogen and oxygen atoms in total. The Morgan fingerprint density at radius 2 is 2.15 bits per heavy atom. The topological polar surface area (TPSA) is 75.6 Å². The molecule has 1 amide bonds. The molecule has 0 radical (unpaired) electrons. The fourth-order valence-electron chi connectivity index (χ4n) is 2.51. The highest BCUT2D eigenvalue weighted by molar-refractivity contribution is 5.96. The van der Waals surface area contributed by atoms with E-state index in [0.717, 1.165) is 19.3 Å². The van der Waals surface area contributed by atoms with Gasteiger partial charge in [0.15, 0.2) is 0 Å². The minimum atomic E-state index is -0.886. The second kappa shape index (κ2) is 6.05. The Kier molecular flexibility index (Phi) is 4.39. The van der Waals surface area contributed by atoms with Gasteiger partial charge >= 0.3 is 5.97 Å². The summed E-state index contributed by atoms with van der Waals surface area (Å²) in [5, 5.41) is 11.7. The molecule has 0 spiro atoms. The number of aliphatic carboxylic acids is 1. The number of ether oxygens (including phenoxy) is 1. The molecule has 0 heterocycles. The summed E-state index contributed by atoms with van der Waals surface area (Å²) in [6.07, 6.45) is 2.66. The number of hydrogen-bond acceptors (Lipinski definition) is 3. The molecular formula is C15H19NO4. The van der Waals surface area contributed by atoms with E-state index < -0.39 is 11.4 Å². The Morgan fingerprint density at radius 3 is 2.70 bits per heavy atom. The highest BCUT2D eigenvalue weighted by atomic mass is 16.5. The van der Waals surface area contributed by atoms with E-state index in [0.29, 0.717) is 17.9 Å². The molecule has 2 N–H and O–H groups in total. The van der Waals surface area contributed by atoms with E-state index in [1.54, 1.807) is 31.4 Å². The molecule has 0 unspecified atom stereocenters. The molecule has 2 rings (SSSR count). The van der Waals surface area contributed by atoms with Crippen molar-refractivity contribution in [1.82, 2.24) is 0 Å². The van der Waals surface area contributed by atoms with Gasteiger partial charge in [0, 0.05) is 12.8 Å². The van der Waals surface area contributed by atoms with E-state index in [2.05, 4.69) is 5.32 Å². The van der Waals surface area contributed by atoms with Gasteiger partial charge in [0.25, 0.3) is 0 Å². The number of nitrogens with one attached hydrogen (secondary N) is 1. The molecule has 1 aromatic carbocycles. The molecule has 108 valence electrons. The van der Waals surface area contributed by atoms with Crippen molar-refractivity contribution in [1.29, 1.82) is 0 Å². The fourth-order valence-corrected chi connectivity index (χ4v) is 2.51. The molecule has 1 aromatic rings. The number of carbonyl (C=O) groups excluding carboxylic acids is 1. The summed E-state index contributed by atoms with van der Waals surface area (Å²) >= 11 is 0. The van der Waals surface area contributed by atoms with Crippen molar-refractivity contribution in [3.63, 3.8) is 0 Å². The van der Waals surface area contributed by atoms with Crippen LogP contribution in [-0.2, 0) is 20.7 Å². The van der Waals surface area contributed by atoms with Crippen LogP contribution in [-0.4, -0.2) is 30.7 Å². The van der Waals surface area contributed by atoms with Crippen molar-refractivity contribution in [2.45, 2.75) is 25.7 Å². The van der Waals surface area contributed by atoms with E-state index in [9.17, 15) is 9.59 Å². The van der Waals surface area contributed by atoms with Gasteiger partial charge in [-0.05, 0) is 30.5 Å². The Bertz CT molecular complexity index is 508. The summed E-state index contributed by atoms with van der Waals surface area (Å²) in [4.78, 5) is 23.0. The lowest BCUT2D eigenvalue weighted by Crippen LogP contribution is -2.45. The number of rotatable bonds is 6. The number of carbonyl (C=O) groups is 2. The molecule has 5 heteroatoms. The molecule has 1 aliphatic carbocycles. The molecule has 0 aromatic heterocycles. The normalized spacial score (nSPS) is 16.2.